The van der Waals surface area contributed by atoms with Crippen molar-refractivity contribution in [1.82, 2.24) is 0 Å². The van der Waals surface area contributed by atoms with Crippen molar-refractivity contribution in [2.45, 2.75) is 0 Å². The molecule has 0 aliphatic rings. The van der Waals surface area contributed by atoms with Gasteiger partial charge in [-0.25, -0.2) is 0 Å². The summed E-state index contributed by atoms with van der Waals surface area (Å²) in [5, 5.41) is 0. The van der Waals surface area contributed by atoms with E-state index in [1.807, 2.05) is 0 Å². The summed E-state index contributed by atoms with van der Waals surface area (Å²) in [6.07, 6.45) is 0. The molecule has 9 heavy (non-hydrogen) atoms. The third kappa shape index (κ3) is 85.3. The predicted molar refractivity (Wildman–Crippen MR) is 19.1 cm³/mol. The molecule has 0 fully saturated rings. The average Bonchev–Trinajstić information content (AvgIpc) is 0.722. The zero-order valence-corrected chi connectivity index (χ0v) is 11.7. The summed E-state index contributed by atoms with van der Waals surface area (Å²) in [6.45, 7) is 0. The normalized spacial score (nSPS) is 6.56. The van der Waals surface area contributed by atoms with Crippen LogP contribution in [-0.4, -0.2) is 68.5 Å². The monoisotopic (exact) mass is 270 g/mol. The Labute approximate surface area is 129 Å². The van der Waals surface area contributed by atoms with Crippen molar-refractivity contribution in [2.24, 2.45) is 0 Å². The van der Waals surface area contributed by atoms with Crippen molar-refractivity contribution >= 4 is 76.4 Å². The Kier molecular flexibility index (Phi) is 45.8. The van der Waals surface area contributed by atoms with E-state index in [0.717, 1.165) is 0 Å². The van der Waals surface area contributed by atoms with Crippen LogP contribution in [0.1, 0.15) is 0 Å². The number of phosphoric acid groups is 1. The molecule has 0 unspecified atom stereocenters. The van der Waals surface area contributed by atoms with Gasteiger partial charge in [-0.05, 0) is 0 Å². The third-order valence-corrected chi connectivity index (χ3v) is 0. The van der Waals surface area contributed by atoms with E-state index in [9.17, 15) is 0 Å². The molecule has 38 valence electrons. The van der Waals surface area contributed by atoms with Crippen molar-refractivity contribution in [3.8, 4) is 0 Å². The Bertz CT molecular complexity index is 66.7. The average molecular weight is 270 g/mol. The van der Waals surface area contributed by atoms with E-state index in [1.165, 1.54) is 0 Å². The first-order chi connectivity index (χ1) is 2.00. The molecule has 0 aromatic carbocycles. The summed E-state index contributed by atoms with van der Waals surface area (Å²) >= 11 is 0. The van der Waals surface area contributed by atoms with Gasteiger partial charge in [-0.3, -0.25) is 0 Å². The molecule has 4 nitrogen and oxygen atoms in total. The molecule has 0 radical (unpaired) electrons. The van der Waals surface area contributed by atoms with Crippen molar-refractivity contribution in [3.05, 3.63) is 0 Å². The van der Waals surface area contributed by atoms with E-state index in [-0.39, 0.29) is 104 Å². The Hall–Kier alpha value is 3.47. The number of hydrogen-bond acceptors (Lipinski definition) is 4. The van der Waals surface area contributed by atoms with Crippen LogP contribution in [0.25, 0.3) is 0 Å². The van der Waals surface area contributed by atoms with Crippen molar-refractivity contribution in [2.75, 3.05) is 0 Å². The summed E-state index contributed by atoms with van der Waals surface area (Å²) in [5.41, 5.74) is 0. The SMILES string of the molecule is O=P([O-])([O-])[O-].[Fe+2].[Li+].[Mg+2].[Sr+2]. The zero-order chi connectivity index (χ0) is 4.50. The van der Waals surface area contributed by atoms with Gasteiger partial charge in [0.2, 0.25) is 0 Å². The van der Waals surface area contributed by atoms with Crippen LogP contribution in [-0.2, 0) is 21.6 Å². The van der Waals surface area contributed by atoms with Gasteiger partial charge in [0.05, 0.1) is 0 Å². The van der Waals surface area contributed by atoms with E-state index in [4.69, 9.17) is 19.2 Å². The van der Waals surface area contributed by atoms with Gasteiger partial charge in [-0.15, -0.1) is 0 Å². The predicted octanol–water partition coefficient (Wildman–Crippen LogP) is -6.58. The summed E-state index contributed by atoms with van der Waals surface area (Å²) in [5.74, 6) is 0. The fourth-order valence-electron chi connectivity index (χ4n) is 0. The van der Waals surface area contributed by atoms with Gasteiger partial charge in [0.25, 0.3) is 0 Å². The Morgan fingerprint density at radius 1 is 1.11 bits per heavy atom. The summed E-state index contributed by atoms with van der Waals surface area (Å²) in [6, 6.07) is 0. The van der Waals surface area contributed by atoms with Gasteiger partial charge in [-0.2, -0.15) is 7.82 Å². The molecule has 0 aromatic heterocycles. The minimum atomic E-state index is -5.39. The van der Waals surface area contributed by atoms with E-state index < -0.39 is 7.82 Å². The van der Waals surface area contributed by atoms with Gasteiger partial charge in [0.1, 0.15) is 0 Å². The molecule has 0 saturated heterocycles. The van der Waals surface area contributed by atoms with Crippen LogP contribution in [0.3, 0.4) is 0 Å². The smallest absolute Gasteiger partial charge is 0.822 e. The molecule has 0 aliphatic carbocycles. The maximum atomic E-state index is 8.55. The molecule has 0 rings (SSSR count). The second kappa shape index (κ2) is 14.0. The minimum absolute atomic E-state index is 0. The van der Waals surface area contributed by atoms with E-state index in [0.29, 0.717) is 0 Å². The van der Waals surface area contributed by atoms with E-state index in [1.54, 1.807) is 0 Å². The van der Waals surface area contributed by atoms with Gasteiger partial charge in [0, 0.05) is 0 Å². The fourth-order valence-corrected chi connectivity index (χ4v) is 0. The largest absolute Gasteiger partial charge is 2.00 e. The summed E-state index contributed by atoms with van der Waals surface area (Å²) in [4.78, 5) is 25.6. The summed E-state index contributed by atoms with van der Waals surface area (Å²) < 4.78 is 8.55. The van der Waals surface area contributed by atoms with Crippen molar-refractivity contribution in [1.29, 1.82) is 0 Å². The molecule has 0 amide bonds. The van der Waals surface area contributed by atoms with E-state index >= 15 is 0 Å². The van der Waals surface area contributed by atoms with Crippen LogP contribution >= 0.6 is 7.82 Å². The van der Waals surface area contributed by atoms with Gasteiger partial charge >= 0.3 is 104 Å². The minimum Gasteiger partial charge on any atom is -0.822 e. The molecule has 0 aliphatic heterocycles. The topological polar surface area (TPSA) is 86.2 Å². The van der Waals surface area contributed by atoms with Crippen LogP contribution in [0.4, 0.5) is 0 Å². The van der Waals surface area contributed by atoms with E-state index in [2.05, 4.69) is 0 Å². The Morgan fingerprint density at radius 3 is 1.11 bits per heavy atom. The van der Waals surface area contributed by atoms with Crippen LogP contribution in [0.15, 0.2) is 0 Å². The van der Waals surface area contributed by atoms with Crippen LogP contribution in [0, 0.1) is 0 Å². The second-order valence-electron chi connectivity index (χ2n) is 0.447. The van der Waals surface area contributed by atoms with Crippen molar-refractivity contribution in [3.63, 3.8) is 0 Å². The Balaban J connectivity index is -0.0000000133. The van der Waals surface area contributed by atoms with Crippen LogP contribution in [0.5, 0.6) is 0 Å². The third-order valence-electron chi connectivity index (χ3n) is 0. The molecule has 0 bridgehead atoms. The standard InChI is InChI=1S/Fe.Li.Mg.H3O4P.Sr/c;;;1-5(2,3)4;/h;;;(H3,1,2,3,4);/q+2;+1;+2;;+2/p-3. The Morgan fingerprint density at radius 2 is 1.11 bits per heavy atom. The fraction of sp³-hybridized carbons (Fsp3) is 0. The molecular weight excluding hydrogens is 270 g/mol. The zero-order valence-electron chi connectivity index (χ0n) is 4.85. The van der Waals surface area contributed by atoms with Gasteiger partial charge in [0.15, 0.2) is 0 Å². The molecule has 0 heterocycles. The number of rotatable bonds is 0. The molecule has 0 saturated carbocycles. The molecular formula is FeLiMgO4PSr+4. The first-order valence-electron chi connectivity index (χ1n) is 0.730. The maximum Gasteiger partial charge on any atom is 2.00 e. The second-order valence-corrected chi connectivity index (χ2v) is 1.34. The van der Waals surface area contributed by atoms with Gasteiger partial charge < -0.3 is 19.2 Å². The summed E-state index contributed by atoms with van der Waals surface area (Å²) in [7, 11) is -5.39. The molecule has 0 aromatic rings. The molecule has 0 atom stereocenters. The quantitative estimate of drug-likeness (QED) is 0.323. The first-order valence-corrected chi connectivity index (χ1v) is 2.19. The van der Waals surface area contributed by atoms with Crippen LogP contribution in [0.2, 0.25) is 0 Å². The molecule has 9 heteroatoms. The molecule has 0 spiro atoms. The van der Waals surface area contributed by atoms with Gasteiger partial charge in [-0.1, -0.05) is 0 Å². The number of hydrogen-bond donors (Lipinski definition) is 0. The maximum absolute atomic E-state index is 8.55. The van der Waals surface area contributed by atoms with Crippen molar-refractivity contribution < 1.29 is 55.2 Å². The molecule has 0 N–H and O–H groups in total. The first kappa shape index (κ1) is 29.4. The van der Waals surface area contributed by atoms with Crippen LogP contribution < -0.4 is 33.5 Å².